The van der Waals surface area contributed by atoms with Gasteiger partial charge in [0.05, 0.1) is 0 Å². The molecule has 0 spiro atoms. The Labute approximate surface area is 165 Å². The van der Waals surface area contributed by atoms with E-state index in [0.29, 0.717) is 0 Å². The molecule has 0 saturated carbocycles. The molecule has 0 fully saturated rings. The molecule has 0 aliphatic carbocycles. The van der Waals surface area contributed by atoms with Crippen molar-refractivity contribution in [1.29, 1.82) is 0 Å². The van der Waals surface area contributed by atoms with E-state index in [-0.39, 0.29) is 0 Å². The highest BCUT2D eigenvalue weighted by atomic mass is 32.1. The zero-order valence-corrected chi connectivity index (χ0v) is 17.5. The van der Waals surface area contributed by atoms with E-state index in [9.17, 15) is 0 Å². The molecule has 0 unspecified atom stereocenters. The second-order valence-corrected chi connectivity index (χ2v) is 9.04. The lowest BCUT2D eigenvalue weighted by molar-refractivity contribution is 0.804. The molecule has 0 aliphatic heterocycles. The lowest BCUT2D eigenvalue weighted by Crippen LogP contribution is -1.76. The van der Waals surface area contributed by atoms with Crippen molar-refractivity contribution < 1.29 is 0 Å². The average molecular weight is 381 g/mol. The molecule has 4 aromatic rings. The first-order valence-electron chi connectivity index (χ1n) is 9.75. The summed E-state index contributed by atoms with van der Waals surface area (Å²) in [6, 6.07) is 21.9. The lowest BCUT2D eigenvalue weighted by Gasteiger charge is -1.90. The summed E-state index contributed by atoms with van der Waals surface area (Å²) in [6.45, 7) is 4.49. The first kappa shape index (κ1) is 19.1. The average Bonchev–Trinajstić information content (AvgIpc) is 3.28. The number of hydrogen-bond donors (Lipinski definition) is 0. The highest BCUT2D eigenvalue weighted by molar-refractivity contribution is 7.19. The molecule has 0 N–H and O–H groups in total. The molecule has 0 radical (unpaired) electrons. The topological polar surface area (TPSA) is 0 Å². The third kappa shape index (κ3) is 5.18. The van der Waals surface area contributed by atoms with Crippen molar-refractivity contribution in [2.45, 2.75) is 52.4 Å². The number of thiophene rings is 2. The van der Waals surface area contributed by atoms with E-state index >= 15 is 0 Å². The fourth-order valence-corrected chi connectivity index (χ4v) is 5.23. The maximum absolute atomic E-state index is 2.33. The molecule has 0 atom stereocenters. The number of hydrogen-bond acceptors (Lipinski definition) is 2. The van der Waals surface area contributed by atoms with E-state index in [1.54, 1.807) is 0 Å². The second kappa shape index (κ2) is 9.89. The minimum atomic E-state index is 1.25. The van der Waals surface area contributed by atoms with Crippen LogP contribution in [0.2, 0.25) is 0 Å². The van der Waals surface area contributed by atoms with Gasteiger partial charge in [0, 0.05) is 19.2 Å². The van der Waals surface area contributed by atoms with Crippen LogP contribution in [0.3, 0.4) is 0 Å². The van der Waals surface area contributed by atoms with E-state index in [1.807, 2.05) is 22.7 Å². The highest BCUT2D eigenvalue weighted by Crippen LogP contribution is 2.27. The summed E-state index contributed by atoms with van der Waals surface area (Å²) in [4.78, 5) is 3.06. The third-order valence-electron chi connectivity index (χ3n) is 4.51. The zero-order valence-electron chi connectivity index (χ0n) is 15.8. The van der Waals surface area contributed by atoms with Crippen molar-refractivity contribution in [2.75, 3.05) is 0 Å². The molecular formula is C24H28S2. The minimum Gasteiger partial charge on any atom is -0.140 e. The Morgan fingerprint density at radius 2 is 1.04 bits per heavy atom. The van der Waals surface area contributed by atoms with E-state index in [0.717, 1.165) is 0 Å². The van der Waals surface area contributed by atoms with Crippen LogP contribution in [0.5, 0.6) is 0 Å². The predicted octanol–water partition coefficient (Wildman–Crippen LogP) is 8.49. The van der Waals surface area contributed by atoms with Crippen molar-refractivity contribution in [3.63, 3.8) is 0 Å². The van der Waals surface area contributed by atoms with Gasteiger partial charge in [0.1, 0.15) is 0 Å². The van der Waals surface area contributed by atoms with Crippen LogP contribution in [0.1, 0.15) is 49.3 Å². The SMILES string of the molecule is CCCCc1cc2ccccc2s1.CCCCc1cc2ccccc2s1. The summed E-state index contributed by atoms with van der Waals surface area (Å²) < 4.78 is 2.85. The molecular weight excluding hydrogens is 352 g/mol. The van der Waals surface area contributed by atoms with Crippen molar-refractivity contribution in [3.8, 4) is 0 Å². The van der Waals surface area contributed by atoms with E-state index in [4.69, 9.17) is 0 Å². The van der Waals surface area contributed by atoms with Crippen LogP contribution < -0.4 is 0 Å². The maximum Gasteiger partial charge on any atom is 0.0345 e. The van der Waals surface area contributed by atoms with Gasteiger partial charge in [-0.05, 0) is 60.7 Å². The fourth-order valence-electron chi connectivity index (χ4n) is 3.02. The largest absolute Gasteiger partial charge is 0.140 e. The van der Waals surface area contributed by atoms with Crippen LogP contribution in [0.15, 0.2) is 60.7 Å². The van der Waals surface area contributed by atoms with Crippen LogP contribution >= 0.6 is 22.7 Å². The number of benzene rings is 2. The highest BCUT2D eigenvalue weighted by Gasteiger charge is 2.00. The lowest BCUT2D eigenvalue weighted by atomic mass is 10.2. The Kier molecular flexibility index (Phi) is 7.28. The summed E-state index contributed by atoms with van der Waals surface area (Å²) in [5.41, 5.74) is 0. The van der Waals surface area contributed by atoms with Gasteiger partial charge in [-0.3, -0.25) is 0 Å². The van der Waals surface area contributed by atoms with Crippen LogP contribution in [0.4, 0.5) is 0 Å². The number of unbranched alkanes of at least 4 members (excludes halogenated alkanes) is 2. The van der Waals surface area contributed by atoms with E-state index < -0.39 is 0 Å². The normalized spacial score (nSPS) is 10.8. The van der Waals surface area contributed by atoms with Crippen LogP contribution in [0, 0.1) is 0 Å². The summed E-state index contributed by atoms with van der Waals surface area (Å²) in [6.07, 6.45) is 7.69. The first-order valence-corrected chi connectivity index (χ1v) is 11.4. The van der Waals surface area contributed by atoms with Gasteiger partial charge >= 0.3 is 0 Å². The van der Waals surface area contributed by atoms with Crippen molar-refractivity contribution in [3.05, 3.63) is 70.4 Å². The predicted molar refractivity (Wildman–Crippen MR) is 121 cm³/mol. The Morgan fingerprint density at radius 3 is 1.42 bits per heavy atom. The van der Waals surface area contributed by atoms with Gasteiger partial charge in [-0.15, -0.1) is 22.7 Å². The Morgan fingerprint density at radius 1 is 0.615 bits per heavy atom. The van der Waals surface area contributed by atoms with Gasteiger partial charge in [-0.2, -0.15) is 0 Å². The molecule has 2 heteroatoms. The summed E-state index contributed by atoms with van der Waals surface area (Å²) in [5, 5.41) is 2.80. The molecule has 2 aromatic heterocycles. The molecule has 2 heterocycles. The van der Waals surface area contributed by atoms with E-state index in [2.05, 4.69) is 74.5 Å². The maximum atomic E-state index is 2.33. The zero-order chi connectivity index (χ0) is 18.2. The van der Waals surface area contributed by atoms with Crippen LogP contribution in [0.25, 0.3) is 20.2 Å². The van der Waals surface area contributed by atoms with Gasteiger partial charge < -0.3 is 0 Å². The Hall–Kier alpha value is -1.64. The van der Waals surface area contributed by atoms with Gasteiger partial charge in [0.15, 0.2) is 0 Å². The molecule has 136 valence electrons. The summed E-state index contributed by atoms with van der Waals surface area (Å²) >= 11 is 3.87. The first-order chi connectivity index (χ1) is 12.8. The Balaban J connectivity index is 0.000000151. The quantitative estimate of drug-likeness (QED) is 0.314. The molecule has 0 amide bonds. The monoisotopic (exact) mass is 380 g/mol. The van der Waals surface area contributed by atoms with Gasteiger partial charge in [-0.25, -0.2) is 0 Å². The van der Waals surface area contributed by atoms with Gasteiger partial charge in [0.2, 0.25) is 0 Å². The number of aryl methyl sites for hydroxylation is 2. The molecule has 2 aromatic carbocycles. The summed E-state index contributed by atoms with van der Waals surface area (Å²) in [7, 11) is 0. The molecule has 0 aliphatic rings. The number of fused-ring (bicyclic) bond motifs is 2. The standard InChI is InChI=1S/2C12H14S/c2*1-2-3-7-11-9-10-6-4-5-8-12(10)13-11/h2*4-6,8-9H,2-3,7H2,1H3. The second-order valence-electron chi connectivity index (χ2n) is 6.71. The van der Waals surface area contributed by atoms with Crippen LogP contribution in [-0.2, 0) is 12.8 Å². The molecule has 4 rings (SSSR count). The number of rotatable bonds is 6. The van der Waals surface area contributed by atoms with Crippen LogP contribution in [-0.4, -0.2) is 0 Å². The molecule has 0 nitrogen and oxygen atoms in total. The fraction of sp³-hybridized carbons (Fsp3) is 0.333. The van der Waals surface area contributed by atoms with Crippen molar-refractivity contribution in [1.82, 2.24) is 0 Å². The van der Waals surface area contributed by atoms with Crippen molar-refractivity contribution in [2.24, 2.45) is 0 Å². The molecule has 0 bridgehead atoms. The minimum absolute atomic E-state index is 1.25. The van der Waals surface area contributed by atoms with Gasteiger partial charge in [0.25, 0.3) is 0 Å². The third-order valence-corrected chi connectivity index (χ3v) is 6.86. The van der Waals surface area contributed by atoms with Gasteiger partial charge in [-0.1, -0.05) is 63.1 Å². The van der Waals surface area contributed by atoms with Crippen molar-refractivity contribution >= 4 is 42.8 Å². The smallest absolute Gasteiger partial charge is 0.0345 e. The van der Waals surface area contributed by atoms with E-state index in [1.165, 1.54) is 68.5 Å². The Bertz CT molecular complexity index is 785. The molecule has 26 heavy (non-hydrogen) atoms. The summed E-state index contributed by atoms with van der Waals surface area (Å²) in [5.74, 6) is 0. The molecule has 0 saturated heterocycles.